The molecule has 49 valence electrons. The Balaban J connectivity index is 1.96. The van der Waals surface area contributed by atoms with Crippen LogP contribution in [0.15, 0.2) is 0 Å². The molecule has 0 aliphatic heterocycles. The molecule has 2 saturated carbocycles. The van der Waals surface area contributed by atoms with Crippen LogP contribution in [0.1, 0.15) is 25.7 Å². The predicted octanol–water partition coefficient (Wildman–Crippen LogP) is 1.01. The quantitative estimate of drug-likeness (QED) is 0.562. The SMILES string of the molecule is O=[C]OC1(C2CC2)CC1. The van der Waals surface area contributed by atoms with Gasteiger partial charge in [-0.1, -0.05) is 0 Å². The summed E-state index contributed by atoms with van der Waals surface area (Å²) < 4.78 is 4.86. The first-order chi connectivity index (χ1) is 4.37. The first-order valence-corrected chi connectivity index (χ1v) is 3.42. The molecule has 0 bridgehead atoms. The summed E-state index contributed by atoms with van der Waals surface area (Å²) in [5.41, 5.74) is -0.0122. The van der Waals surface area contributed by atoms with Crippen molar-refractivity contribution in [3.63, 3.8) is 0 Å². The van der Waals surface area contributed by atoms with E-state index in [1.165, 1.54) is 12.8 Å². The Morgan fingerprint density at radius 1 is 1.44 bits per heavy atom. The van der Waals surface area contributed by atoms with E-state index in [9.17, 15) is 4.79 Å². The zero-order valence-electron chi connectivity index (χ0n) is 5.22. The Bertz CT molecular complexity index is 134. The molecule has 2 rings (SSSR count). The molecule has 2 aliphatic carbocycles. The summed E-state index contributed by atoms with van der Waals surface area (Å²) in [7, 11) is 0. The molecule has 2 nitrogen and oxygen atoms in total. The Morgan fingerprint density at radius 3 is 2.44 bits per heavy atom. The number of carbonyl (C=O) groups excluding carboxylic acids is 1. The second kappa shape index (κ2) is 1.49. The highest BCUT2D eigenvalue weighted by atomic mass is 16.5. The summed E-state index contributed by atoms with van der Waals surface area (Å²) >= 11 is 0. The van der Waals surface area contributed by atoms with Crippen molar-refractivity contribution < 1.29 is 9.53 Å². The minimum absolute atomic E-state index is 0.0122. The molecule has 0 amide bonds. The van der Waals surface area contributed by atoms with Gasteiger partial charge >= 0.3 is 6.47 Å². The normalized spacial score (nSPS) is 29.3. The maximum atomic E-state index is 9.85. The van der Waals surface area contributed by atoms with Gasteiger partial charge in [-0.2, -0.15) is 0 Å². The average molecular weight is 125 g/mol. The van der Waals surface area contributed by atoms with Crippen molar-refractivity contribution in [2.24, 2.45) is 5.92 Å². The maximum absolute atomic E-state index is 9.85. The van der Waals surface area contributed by atoms with E-state index in [1.807, 2.05) is 0 Å². The van der Waals surface area contributed by atoms with Crippen LogP contribution < -0.4 is 0 Å². The molecule has 2 aliphatic rings. The van der Waals surface area contributed by atoms with Gasteiger partial charge in [0.2, 0.25) is 0 Å². The van der Waals surface area contributed by atoms with E-state index in [4.69, 9.17) is 4.74 Å². The summed E-state index contributed by atoms with van der Waals surface area (Å²) in [5.74, 6) is 0.693. The van der Waals surface area contributed by atoms with E-state index < -0.39 is 0 Å². The molecule has 0 unspecified atom stereocenters. The molecule has 0 heterocycles. The fourth-order valence-electron chi connectivity index (χ4n) is 1.41. The van der Waals surface area contributed by atoms with Gasteiger partial charge in [0.15, 0.2) is 0 Å². The summed E-state index contributed by atoms with van der Waals surface area (Å²) in [6, 6.07) is 0. The number of ether oxygens (including phenoxy) is 1. The highest BCUT2D eigenvalue weighted by Gasteiger charge is 2.56. The summed E-state index contributed by atoms with van der Waals surface area (Å²) in [6.07, 6.45) is 4.66. The molecule has 2 heteroatoms. The van der Waals surface area contributed by atoms with Crippen LogP contribution in [-0.4, -0.2) is 12.1 Å². The molecule has 9 heavy (non-hydrogen) atoms. The minimum Gasteiger partial charge on any atom is -0.450 e. The molecule has 0 atom stereocenters. The van der Waals surface area contributed by atoms with Crippen molar-refractivity contribution in [3.05, 3.63) is 0 Å². The van der Waals surface area contributed by atoms with Crippen LogP contribution in [0.2, 0.25) is 0 Å². The van der Waals surface area contributed by atoms with Crippen molar-refractivity contribution in [3.8, 4) is 0 Å². The molecular formula is C7H9O2. The van der Waals surface area contributed by atoms with E-state index in [-0.39, 0.29) is 5.60 Å². The van der Waals surface area contributed by atoms with Crippen LogP contribution >= 0.6 is 0 Å². The maximum Gasteiger partial charge on any atom is 0.418 e. The predicted molar refractivity (Wildman–Crippen MR) is 31.5 cm³/mol. The molecule has 0 saturated heterocycles. The lowest BCUT2D eigenvalue weighted by Crippen LogP contribution is -2.15. The van der Waals surface area contributed by atoms with Crippen molar-refractivity contribution in [2.45, 2.75) is 31.3 Å². The first kappa shape index (κ1) is 5.27. The molecule has 2 fully saturated rings. The van der Waals surface area contributed by atoms with Crippen LogP contribution in [0.25, 0.3) is 0 Å². The molecule has 0 N–H and O–H groups in total. The second-order valence-electron chi connectivity index (χ2n) is 3.02. The summed E-state index contributed by atoms with van der Waals surface area (Å²) in [4.78, 5) is 9.85. The third-order valence-electron chi connectivity index (χ3n) is 2.31. The third kappa shape index (κ3) is 0.732. The fourth-order valence-corrected chi connectivity index (χ4v) is 1.41. The molecule has 0 spiro atoms. The molecule has 0 aromatic heterocycles. The third-order valence-corrected chi connectivity index (χ3v) is 2.31. The molecular weight excluding hydrogens is 116 g/mol. The fraction of sp³-hybridized carbons (Fsp3) is 0.857. The largest absolute Gasteiger partial charge is 0.450 e. The van der Waals surface area contributed by atoms with Crippen LogP contribution in [0.3, 0.4) is 0 Å². The molecule has 1 radical (unpaired) electrons. The number of hydrogen-bond acceptors (Lipinski definition) is 2. The Morgan fingerprint density at radius 2 is 2.11 bits per heavy atom. The van der Waals surface area contributed by atoms with Gasteiger partial charge in [0.1, 0.15) is 5.60 Å². The van der Waals surface area contributed by atoms with Crippen LogP contribution in [-0.2, 0) is 9.53 Å². The van der Waals surface area contributed by atoms with Gasteiger partial charge in [0, 0.05) is 0 Å². The van der Waals surface area contributed by atoms with Crippen LogP contribution in [0, 0.1) is 5.92 Å². The van der Waals surface area contributed by atoms with Gasteiger partial charge < -0.3 is 4.74 Å². The van der Waals surface area contributed by atoms with Gasteiger partial charge in [-0.15, -0.1) is 0 Å². The average Bonchev–Trinajstić information content (AvgIpc) is 2.61. The molecule has 0 aromatic carbocycles. The zero-order chi connectivity index (χ0) is 6.32. The van der Waals surface area contributed by atoms with E-state index in [1.54, 1.807) is 6.47 Å². The van der Waals surface area contributed by atoms with E-state index >= 15 is 0 Å². The molecule has 0 aromatic rings. The van der Waals surface area contributed by atoms with Crippen molar-refractivity contribution >= 4 is 6.47 Å². The Kier molecular flexibility index (Phi) is 0.875. The van der Waals surface area contributed by atoms with Crippen molar-refractivity contribution in [1.82, 2.24) is 0 Å². The van der Waals surface area contributed by atoms with Crippen LogP contribution in [0.5, 0.6) is 0 Å². The lowest BCUT2D eigenvalue weighted by molar-refractivity contribution is 0.132. The van der Waals surface area contributed by atoms with Gasteiger partial charge in [-0.3, -0.25) is 0 Å². The summed E-state index contributed by atoms with van der Waals surface area (Å²) in [5, 5.41) is 0. The van der Waals surface area contributed by atoms with E-state index in [0.717, 1.165) is 12.8 Å². The van der Waals surface area contributed by atoms with E-state index in [2.05, 4.69) is 0 Å². The van der Waals surface area contributed by atoms with Gasteiger partial charge in [-0.05, 0) is 31.6 Å². The van der Waals surface area contributed by atoms with Crippen LogP contribution in [0.4, 0.5) is 0 Å². The van der Waals surface area contributed by atoms with Crippen molar-refractivity contribution in [2.75, 3.05) is 0 Å². The van der Waals surface area contributed by atoms with Crippen molar-refractivity contribution in [1.29, 1.82) is 0 Å². The highest BCUT2D eigenvalue weighted by Crippen LogP contribution is 2.55. The zero-order valence-corrected chi connectivity index (χ0v) is 5.22. The van der Waals surface area contributed by atoms with Gasteiger partial charge in [0.05, 0.1) is 0 Å². The van der Waals surface area contributed by atoms with E-state index in [0.29, 0.717) is 5.92 Å². The summed E-state index contributed by atoms with van der Waals surface area (Å²) in [6.45, 7) is 1.54. The first-order valence-electron chi connectivity index (χ1n) is 3.42. The number of hydrogen-bond donors (Lipinski definition) is 0. The standard InChI is InChI=1S/C7H9O2/c8-5-9-7(3-4-7)6-1-2-6/h6H,1-4H2. The second-order valence-corrected chi connectivity index (χ2v) is 3.02. The lowest BCUT2D eigenvalue weighted by atomic mass is 10.2. The highest BCUT2D eigenvalue weighted by molar-refractivity contribution is 5.41. The van der Waals surface area contributed by atoms with Gasteiger partial charge in [-0.25, -0.2) is 4.79 Å². The smallest absolute Gasteiger partial charge is 0.418 e. The topological polar surface area (TPSA) is 26.3 Å². The minimum atomic E-state index is -0.0122. The number of rotatable bonds is 3. The lowest BCUT2D eigenvalue weighted by Gasteiger charge is -2.08. The Labute approximate surface area is 54.2 Å². The Hall–Kier alpha value is -0.530. The van der Waals surface area contributed by atoms with Gasteiger partial charge in [0.25, 0.3) is 0 Å². The monoisotopic (exact) mass is 125 g/mol.